The number of hydrogen-bond donors (Lipinski definition) is 1. The van der Waals surface area contributed by atoms with E-state index in [-0.39, 0.29) is 12.5 Å². The van der Waals surface area contributed by atoms with E-state index in [1.807, 2.05) is 13.8 Å². The number of methoxy groups -OCH3 is 2. The van der Waals surface area contributed by atoms with Crippen molar-refractivity contribution in [3.05, 3.63) is 28.8 Å². The Morgan fingerprint density at radius 2 is 1.96 bits per heavy atom. The molecule has 0 aromatic heterocycles. The van der Waals surface area contributed by atoms with Gasteiger partial charge in [-0.3, -0.25) is 4.79 Å². The molecule has 0 aliphatic heterocycles. The van der Waals surface area contributed by atoms with Crippen molar-refractivity contribution in [3.63, 3.8) is 0 Å². The van der Waals surface area contributed by atoms with E-state index in [0.717, 1.165) is 0 Å². The first kappa shape index (κ1) is 19.8. The maximum Gasteiger partial charge on any atom is 0.331 e. The fraction of sp³-hybridized carbons (Fsp3) is 0.412. The highest BCUT2D eigenvalue weighted by Crippen LogP contribution is 2.36. The summed E-state index contributed by atoms with van der Waals surface area (Å²) in [6, 6.07) is 3.30. The Kier molecular flexibility index (Phi) is 8.12. The predicted molar refractivity (Wildman–Crippen MR) is 92.4 cm³/mol. The highest BCUT2D eigenvalue weighted by molar-refractivity contribution is 6.32. The van der Waals surface area contributed by atoms with E-state index in [0.29, 0.717) is 34.5 Å². The van der Waals surface area contributed by atoms with Gasteiger partial charge < -0.3 is 19.5 Å². The Labute approximate surface area is 146 Å². The van der Waals surface area contributed by atoms with Crippen LogP contribution in [-0.2, 0) is 14.3 Å². The van der Waals surface area contributed by atoms with Crippen LogP contribution in [-0.4, -0.2) is 39.2 Å². The van der Waals surface area contributed by atoms with Crippen LogP contribution in [0.1, 0.15) is 19.4 Å². The van der Waals surface area contributed by atoms with Crippen LogP contribution in [0.3, 0.4) is 0 Å². The largest absolute Gasteiger partial charge is 0.493 e. The topological polar surface area (TPSA) is 73.9 Å². The Balaban J connectivity index is 2.61. The number of carbonyl (C=O) groups is 2. The zero-order chi connectivity index (χ0) is 18.1. The van der Waals surface area contributed by atoms with E-state index in [1.54, 1.807) is 12.1 Å². The van der Waals surface area contributed by atoms with Crippen LogP contribution in [0.5, 0.6) is 11.5 Å². The molecule has 0 radical (unpaired) electrons. The van der Waals surface area contributed by atoms with Gasteiger partial charge in [0.25, 0.3) is 5.91 Å². The number of carbonyl (C=O) groups excluding carboxylic acids is 2. The van der Waals surface area contributed by atoms with Gasteiger partial charge in [0.1, 0.15) is 0 Å². The zero-order valence-corrected chi connectivity index (χ0v) is 15.0. The summed E-state index contributed by atoms with van der Waals surface area (Å²) in [5.74, 6) is 0.242. The third-order valence-corrected chi connectivity index (χ3v) is 3.20. The first-order valence-electron chi connectivity index (χ1n) is 7.40. The third-order valence-electron chi connectivity index (χ3n) is 2.92. The summed E-state index contributed by atoms with van der Waals surface area (Å²) in [5.41, 5.74) is 0.638. The van der Waals surface area contributed by atoms with Gasteiger partial charge >= 0.3 is 5.97 Å². The molecular formula is C17H22ClNO5. The lowest BCUT2D eigenvalue weighted by atomic mass is 10.2. The van der Waals surface area contributed by atoms with Crippen LogP contribution in [0, 0.1) is 5.92 Å². The van der Waals surface area contributed by atoms with Crippen molar-refractivity contribution in [2.45, 2.75) is 13.8 Å². The molecule has 0 saturated heterocycles. The summed E-state index contributed by atoms with van der Waals surface area (Å²) < 4.78 is 15.2. The lowest BCUT2D eigenvalue weighted by Gasteiger charge is -2.10. The van der Waals surface area contributed by atoms with Gasteiger partial charge in [0.2, 0.25) is 0 Å². The minimum atomic E-state index is -0.624. The van der Waals surface area contributed by atoms with E-state index in [1.165, 1.54) is 26.4 Å². The molecule has 1 rings (SSSR count). The molecule has 0 bridgehead atoms. The van der Waals surface area contributed by atoms with Crippen molar-refractivity contribution >= 4 is 29.6 Å². The summed E-state index contributed by atoms with van der Waals surface area (Å²) in [6.07, 6.45) is 2.73. The van der Waals surface area contributed by atoms with Gasteiger partial charge in [-0.15, -0.1) is 0 Å². The SMILES string of the molecule is COc1cc(/C=C/C(=O)OCC(=O)NCC(C)C)cc(Cl)c1OC. The molecule has 24 heavy (non-hydrogen) atoms. The first-order valence-corrected chi connectivity index (χ1v) is 7.78. The third kappa shape index (κ3) is 6.50. The second-order valence-corrected chi connectivity index (χ2v) is 5.78. The van der Waals surface area contributed by atoms with Crippen molar-refractivity contribution in [3.8, 4) is 11.5 Å². The molecule has 0 unspecified atom stereocenters. The standard InChI is InChI=1S/C17H22ClNO5/c1-11(2)9-19-15(20)10-24-16(21)6-5-12-7-13(18)17(23-4)14(8-12)22-3/h5-8,11H,9-10H2,1-4H3,(H,19,20)/b6-5+. The van der Waals surface area contributed by atoms with E-state index in [2.05, 4.69) is 5.32 Å². The van der Waals surface area contributed by atoms with E-state index in [4.69, 9.17) is 25.8 Å². The van der Waals surface area contributed by atoms with Crippen LogP contribution >= 0.6 is 11.6 Å². The Hall–Kier alpha value is -2.21. The number of esters is 1. The molecule has 0 heterocycles. The van der Waals surface area contributed by atoms with Crippen molar-refractivity contribution in [2.75, 3.05) is 27.4 Å². The van der Waals surface area contributed by atoms with Gasteiger partial charge in [-0.2, -0.15) is 0 Å². The number of benzene rings is 1. The maximum atomic E-state index is 11.6. The summed E-state index contributed by atoms with van der Waals surface area (Å²) >= 11 is 6.08. The number of ether oxygens (including phenoxy) is 3. The van der Waals surface area contributed by atoms with Crippen LogP contribution in [0.15, 0.2) is 18.2 Å². The van der Waals surface area contributed by atoms with Gasteiger partial charge in [0, 0.05) is 12.6 Å². The average molecular weight is 356 g/mol. The molecule has 1 N–H and O–H groups in total. The summed E-state index contributed by atoms with van der Waals surface area (Å²) in [7, 11) is 2.98. The number of hydrogen-bond acceptors (Lipinski definition) is 5. The summed E-state index contributed by atoms with van der Waals surface area (Å²) in [4.78, 5) is 23.1. The number of rotatable bonds is 8. The molecule has 1 aromatic carbocycles. The second-order valence-electron chi connectivity index (χ2n) is 5.38. The number of amides is 1. The smallest absolute Gasteiger partial charge is 0.331 e. The molecule has 7 heteroatoms. The average Bonchev–Trinajstić information content (AvgIpc) is 2.55. The molecule has 6 nitrogen and oxygen atoms in total. The highest BCUT2D eigenvalue weighted by Gasteiger charge is 2.10. The molecule has 132 valence electrons. The Bertz CT molecular complexity index is 613. The number of nitrogens with one attached hydrogen (secondary N) is 1. The van der Waals surface area contributed by atoms with Crippen LogP contribution < -0.4 is 14.8 Å². The van der Waals surface area contributed by atoms with Crippen molar-refractivity contribution < 1.29 is 23.8 Å². The molecule has 1 aromatic rings. The van der Waals surface area contributed by atoms with E-state index in [9.17, 15) is 9.59 Å². The summed E-state index contributed by atoms with van der Waals surface area (Å²) in [5, 5.41) is 3.02. The highest BCUT2D eigenvalue weighted by atomic mass is 35.5. The molecule has 1 amide bonds. The maximum absolute atomic E-state index is 11.6. The quantitative estimate of drug-likeness (QED) is 0.573. The van der Waals surface area contributed by atoms with Crippen LogP contribution in [0.4, 0.5) is 0 Å². The minimum Gasteiger partial charge on any atom is -0.493 e. The summed E-state index contributed by atoms with van der Waals surface area (Å²) in [6.45, 7) is 4.17. The number of halogens is 1. The molecule has 0 aliphatic carbocycles. The lowest BCUT2D eigenvalue weighted by Crippen LogP contribution is -2.31. The van der Waals surface area contributed by atoms with Gasteiger partial charge in [-0.1, -0.05) is 25.4 Å². The van der Waals surface area contributed by atoms with E-state index < -0.39 is 5.97 Å². The van der Waals surface area contributed by atoms with Crippen LogP contribution in [0.25, 0.3) is 6.08 Å². The van der Waals surface area contributed by atoms with Crippen molar-refractivity contribution in [1.82, 2.24) is 5.32 Å². The van der Waals surface area contributed by atoms with Crippen molar-refractivity contribution in [1.29, 1.82) is 0 Å². The molecule has 0 fully saturated rings. The molecule has 0 aliphatic rings. The van der Waals surface area contributed by atoms with Gasteiger partial charge in [-0.25, -0.2) is 4.79 Å². The molecule has 0 saturated carbocycles. The molecular weight excluding hydrogens is 334 g/mol. The predicted octanol–water partition coefficient (Wildman–Crippen LogP) is 2.69. The van der Waals surface area contributed by atoms with Gasteiger partial charge in [0.15, 0.2) is 18.1 Å². The van der Waals surface area contributed by atoms with Gasteiger partial charge in [0.05, 0.1) is 19.2 Å². The monoisotopic (exact) mass is 355 g/mol. The van der Waals surface area contributed by atoms with Crippen molar-refractivity contribution in [2.24, 2.45) is 5.92 Å². The Morgan fingerprint density at radius 1 is 1.25 bits per heavy atom. The van der Waals surface area contributed by atoms with Crippen LogP contribution in [0.2, 0.25) is 5.02 Å². The fourth-order valence-corrected chi connectivity index (χ4v) is 2.05. The zero-order valence-electron chi connectivity index (χ0n) is 14.2. The fourth-order valence-electron chi connectivity index (χ4n) is 1.75. The lowest BCUT2D eigenvalue weighted by molar-refractivity contribution is -0.143. The van der Waals surface area contributed by atoms with E-state index >= 15 is 0 Å². The molecule has 0 atom stereocenters. The minimum absolute atomic E-state index is 0.317. The normalized spacial score (nSPS) is 10.8. The first-order chi connectivity index (χ1) is 11.4. The second kappa shape index (κ2) is 9.82. The van der Waals surface area contributed by atoms with Gasteiger partial charge in [-0.05, 0) is 29.7 Å². The molecule has 0 spiro atoms. The Morgan fingerprint density at radius 3 is 2.54 bits per heavy atom.